The van der Waals surface area contributed by atoms with E-state index in [4.69, 9.17) is 23.2 Å². The van der Waals surface area contributed by atoms with E-state index < -0.39 is 0 Å². The quantitative estimate of drug-likeness (QED) is 0.478. The van der Waals surface area contributed by atoms with Crippen LogP contribution >= 0.6 is 45.8 Å². The van der Waals surface area contributed by atoms with Crippen molar-refractivity contribution in [2.24, 2.45) is 0 Å². The molecule has 0 N–H and O–H groups in total. The van der Waals surface area contributed by atoms with Gasteiger partial charge < -0.3 is 0 Å². The van der Waals surface area contributed by atoms with Gasteiger partial charge in [0.1, 0.15) is 0 Å². The molecule has 0 fully saturated rings. The summed E-state index contributed by atoms with van der Waals surface area (Å²) < 4.78 is 2.60. The highest BCUT2D eigenvalue weighted by atomic mass is 127. The smallest absolute Gasteiger partial charge is 0.289 e. The predicted octanol–water partition coefficient (Wildman–Crippen LogP) is 5.43. The fourth-order valence-electron chi connectivity index (χ4n) is 2.63. The number of hydrogen-bond acceptors (Lipinski definition) is 2. The monoisotopic (exact) mass is 470 g/mol. The molecule has 3 aromatic rings. The van der Waals surface area contributed by atoms with E-state index in [1.54, 1.807) is 4.57 Å². The second-order valence-corrected chi connectivity index (χ2v) is 7.16. The first-order chi connectivity index (χ1) is 11.5. The van der Waals surface area contributed by atoms with Crippen LogP contribution in [0.5, 0.6) is 0 Å². The first-order valence-corrected chi connectivity index (χ1v) is 9.11. The highest BCUT2D eigenvalue weighted by Gasteiger charge is 2.22. The molecule has 0 unspecified atom stereocenters. The number of benzene rings is 2. The van der Waals surface area contributed by atoms with E-state index in [0.29, 0.717) is 5.69 Å². The molecule has 0 radical (unpaired) electrons. The van der Waals surface area contributed by atoms with Gasteiger partial charge in [-0.2, -0.15) is 0 Å². The zero-order valence-electron chi connectivity index (χ0n) is 12.7. The Morgan fingerprint density at radius 2 is 1.62 bits per heavy atom. The minimum absolute atomic E-state index is 0.127. The fraction of sp³-hybridized carbons (Fsp3) is 0.111. The fourth-order valence-corrected chi connectivity index (χ4v) is 3.77. The van der Waals surface area contributed by atoms with E-state index in [1.807, 2.05) is 61.5 Å². The number of halogens is 3. The van der Waals surface area contributed by atoms with Gasteiger partial charge in [0.25, 0.3) is 5.56 Å². The van der Waals surface area contributed by atoms with Crippen molar-refractivity contribution >= 4 is 45.8 Å². The Morgan fingerprint density at radius 3 is 2.29 bits per heavy atom. The zero-order valence-corrected chi connectivity index (χ0v) is 16.4. The summed E-state index contributed by atoms with van der Waals surface area (Å²) in [5.41, 5.74) is 2.07. The van der Waals surface area contributed by atoms with Gasteiger partial charge in [0.2, 0.25) is 0 Å². The highest BCUT2D eigenvalue weighted by Crippen LogP contribution is 2.33. The average molecular weight is 471 g/mol. The lowest BCUT2D eigenvalue weighted by Gasteiger charge is -2.22. The lowest BCUT2D eigenvalue weighted by Crippen LogP contribution is -2.27. The maximum atomic E-state index is 12.7. The number of rotatable bonds is 3. The summed E-state index contributed by atoms with van der Waals surface area (Å²) in [7, 11) is 0. The van der Waals surface area contributed by atoms with Gasteiger partial charge >= 0.3 is 0 Å². The zero-order chi connectivity index (χ0) is 17.3. The molecule has 0 saturated carbocycles. The van der Waals surface area contributed by atoms with Crippen molar-refractivity contribution < 1.29 is 0 Å². The Balaban J connectivity index is 2.33. The van der Waals surface area contributed by atoms with Gasteiger partial charge in [0.15, 0.2) is 10.3 Å². The van der Waals surface area contributed by atoms with Crippen molar-refractivity contribution in [2.75, 3.05) is 0 Å². The molecule has 1 atom stereocenters. The van der Waals surface area contributed by atoms with Crippen LogP contribution < -0.4 is 5.56 Å². The maximum absolute atomic E-state index is 12.7. The van der Waals surface area contributed by atoms with Crippen LogP contribution in [0.1, 0.15) is 18.5 Å². The lowest BCUT2D eigenvalue weighted by atomic mass is 10.1. The van der Waals surface area contributed by atoms with Crippen molar-refractivity contribution in [1.82, 2.24) is 9.55 Å². The molecular weight excluding hydrogens is 458 g/mol. The molecule has 2 aromatic carbocycles. The molecule has 0 aliphatic carbocycles. The standard InChI is InChI=1S/C18H13Cl2IN2O/c1-11(12-7-3-2-4-8-12)23-15(13-9-5-6-10-14(13)21)16(19)22-17(20)18(23)24/h2-11H,1H3/t11-/m1/s1. The number of aromatic nitrogens is 2. The SMILES string of the molecule is C[C@H](c1ccccc1)n1c(-c2ccccc2I)c(Cl)nc(Cl)c1=O. The Morgan fingerprint density at radius 1 is 1.00 bits per heavy atom. The van der Waals surface area contributed by atoms with Crippen LogP contribution in [0.3, 0.4) is 0 Å². The van der Waals surface area contributed by atoms with E-state index in [1.165, 1.54) is 0 Å². The Labute approximate surface area is 163 Å². The number of hydrogen-bond donors (Lipinski definition) is 0. The van der Waals surface area contributed by atoms with Gasteiger partial charge in [-0.1, -0.05) is 71.7 Å². The Kier molecular flexibility index (Phi) is 5.27. The molecule has 3 rings (SSSR count). The minimum Gasteiger partial charge on any atom is -0.295 e. The molecule has 1 aromatic heterocycles. The van der Waals surface area contributed by atoms with Crippen molar-refractivity contribution in [1.29, 1.82) is 0 Å². The minimum atomic E-state index is -0.355. The number of nitrogens with zero attached hydrogens (tertiary/aromatic N) is 2. The Bertz CT molecular complexity index is 941. The third kappa shape index (κ3) is 3.23. The molecule has 0 aliphatic heterocycles. The summed E-state index contributed by atoms with van der Waals surface area (Å²) in [5.74, 6) is 0. The van der Waals surface area contributed by atoms with Crippen LogP contribution in [-0.2, 0) is 0 Å². The summed E-state index contributed by atoms with van der Waals surface area (Å²) >= 11 is 14.6. The predicted molar refractivity (Wildman–Crippen MR) is 107 cm³/mol. The van der Waals surface area contributed by atoms with Crippen LogP contribution in [0.2, 0.25) is 10.3 Å². The molecule has 122 valence electrons. The first kappa shape index (κ1) is 17.5. The molecule has 6 heteroatoms. The normalized spacial score (nSPS) is 12.2. The molecule has 3 nitrogen and oxygen atoms in total. The van der Waals surface area contributed by atoms with Gasteiger partial charge in [-0.3, -0.25) is 9.36 Å². The van der Waals surface area contributed by atoms with Gasteiger partial charge in [0.05, 0.1) is 11.7 Å². The summed E-state index contributed by atoms with van der Waals surface area (Å²) in [6, 6.07) is 17.2. The van der Waals surface area contributed by atoms with Crippen molar-refractivity contribution in [3.8, 4) is 11.3 Å². The lowest BCUT2D eigenvalue weighted by molar-refractivity contribution is 0.617. The first-order valence-electron chi connectivity index (χ1n) is 7.28. The van der Waals surface area contributed by atoms with Gasteiger partial charge in [0, 0.05) is 9.13 Å². The summed E-state index contributed by atoms with van der Waals surface area (Å²) in [6.07, 6.45) is 0. The van der Waals surface area contributed by atoms with Gasteiger partial charge in [-0.15, -0.1) is 0 Å². The Hall–Kier alpha value is -1.37. The third-order valence-electron chi connectivity index (χ3n) is 3.83. The van der Waals surface area contributed by atoms with Crippen LogP contribution in [0.15, 0.2) is 59.4 Å². The van der Waals surface area contributed by atoms with Crippen LogP contribution in [0.25, 0.3) is 11.3 Å². The second kappa shape index (κ2) is 7.25. The van der Waals surface area contributed by atoms with Gasteiger partial charge in [-0.05, 0) is 41.1 Å². The van der Waals surface area contributed by atoms with Crippen LogP contribution in [-0.4, -0.2) is 9.55 Å². The van der Waals surface area contributed by atoms with Crippen LogP contribution in [0, 0.1) is 3.57 Å². The van der Waals surface area contributed by atoms with Crippen LogP contribution in [0.4, 0.5) is 0 Å². The molecule has 24 heavy (non-hydrogen) atoms. The molecule has 0 spiro atoms. The summed E-state index contributed by atoms with van der Waals surface area (Å²) in [4.78, 5) is 16.8. The molecule has 0 amide bonds. The van der Waals surface area contributed by atoms with Crippen molar-refractivity contribution in [3.05, 3.63) is 84.4 Å². The second-order valence-electron chi connectivity index (χ2n) is 5.28. The highest BCUT2D eigenvalue weighted by molar-refractivity contribution is 14.1. The van der Waals surface area contributed by atoms with Gasteiger partial charge in [-0.25, -0.2) is 4.98 Å². The molecule has 1 heterocycles. The maximum Gasteiger partial charge on any atom is 0.289 e. The van der Waals surface area contributed by atoms with E-state index >= 15 is 0 Å². The van der Waals surface area contributed by atoms with E-state index in [0.717, 1.165) is 14.7 Å². The topological polar surface area (TPSA) is 34.9 Å². The molecule has 0 saturated heterocycles. The molecule has 0 bridgehead atoms. The largest absolute Gasteiger partial charge is 0.295 e. The molecule has 0 aliphatic rings. The molecular formula is C18H13Cl2IN2O. The van der Waals surface area contributed by atoms with Crippen molar-refractivity contribution in [3.63, 3.8) is 0 Å². The average Bonchev–Trinajstić information content (AvgIpc) is 2.59. The summed E-state index contributed by atoms with van der Waals surface area (Å²) in [5, 5.41) is 0.0870. The third-order valence-corrected chi connectivity index (χ3v) is 5.28. The van der Waals surface area contributed by atoms with E-state index in [2.05, 4.69) is 27.6 Å². The van der Waals surface area contributed by atoms with Crippen molar-refractivity contribution in [2.45, 2.75) is 13.0 Å². The van der Waals surface area contributed by atoms with E-state index in [-0.39, 0.29) is 21.9 Å². The summed E-state index contributed by atoms with van der Waals surface area (Å²) in [6.45, 7) is 1.95. The van der Waals surface area contributed by atoms with E-state index in [9.17, 15) is 4.79 Å².